The van der Waals surface area contributed by atoms with Gasteiger partial charge in [0.2, 0.25) is 0 Å². The number of H-pyrrole nitrogens is 2. The molecule has 2 aromatic heterocycles. The van der Waals surface area contributed by atoms with Crippen molar-refractivity contribution in [2.75, 3.05) is 11.5 Å². The second-order valence-electron chi connectivity index (χ2n) is 2.90. The average Bonchev–Trinajstić information content (AvgIpc) is 2.30. The van der Waals surface area contributed by atoms with Crippen LogP contribution < -0.4 is 22.8 Å². The van der Waals surface area contributed by atoms with Crippen molar-refractivity contribution in [1.29, 1.82) is 0 Å². The Balaban J connectivity index is 0.000000180. The van der Waals surface area contributed by atoms with Crippen LogP contribution in [0.4, 0.5) is 11.6 Å². The summed E-state index contributed by atoms with van der Waals surface area (Å²) in [5.41, 5.74) is 9.82. The Kier molecular flexibility index (Phi) is 5.52. The van der Waals surface area contributed by atoms with Crippen molar-refractivity contribution in [2.45, 2.75) is 0 Å². The number of nitrogens with two attached hydrogens (primary N) is 2. The first kappa shape index (κ1) is 14.9. The molecular formula is C8H8I2N6O2. The molecule has 0 aliphatic rings. The van der Waals surface area contributed by atoms with E-state index in [9.17, 15) is 9.59 Å². The van der Waals surface area contributed by atoms with E-state index in [1.165, 1.54) is 12.4 Å². The summed E-state index contributed by atoms with van der Waals surface area (Å²) in [4.78, 5) is 32.4. The van der Waals surface area contributed by atoms with Crippen molar-refractivity contribution in [3.63, 3.8) is 0 Å². The van der Waals surface area contributed by atoms with Crippen LogP contribution in [0.3, 0.4) is 0 Å². The van der Waals surface area contributed by atoms with E-state index in [4.69, 9.17) is 11.5 Å². The van der Waals surface area contributed by atoms with Gasteiger partial charge in [-0.2, -0.15) is 0 Å². The molecule has 0 aromatic carbocycles. The molecule has 10 heteroatoms. The van der Waals surface area contributed by atoms with Gasteiger partial charge in [-0.05, 0) is 45.2 Å². The Morgan fingerprint density at radius 1 is 0.889 bits per heavy atom. The summed E-state index contributed by atoms with van der Waals surface area (Å²) >= 11 is 3.97. The van der Waals surface area contributed by atoms with Crippen LogP contribution >= 0.6 is 45.2 Å². The van der Waals surface area contributed by atoms with E-state index in [0.29, 0.717) is 11.6 Å². The van der Waals surface area contributed by atoms with Gasteiger partial charge in [0, 0.05) is 12.4 Å². The van der Waals surface area contributed by atoms with E-state index >= 15 is 0 Å². The second-order valence-corrected chi connectivity index (χ2v) is 5.22. The third-order valence-electron chi connectivity index (χ3n) is 1.59. The van der Waals surface area contributed by atoms with Crippen LogP contribution in [0.15, 0.2) is 22.0 Å². The molecule has 0 saturated heterocycles. The van der Waals surface area contributed by atoms with Crippen LogP contribution in [0.1, 0.15) is 0 Å². The minimum atomic E-state index is -0.409. The van der Waals surface area contributed by atoms with Gasteiger partial charge < -0.3 is 11.5 Å². The van der Waals surface area contributed by atoms with Gasteiger partial charge in [-0.15, -0.1) is 0 Å². The highest BCUT2D eigenvalue weighted by atomic mass is 127. The number of aromatic nitrogens is 4. The molecule has 0 fully saturated rings. The predicted octanol–water partition coefficient (Wildman–Crippen LogP) is -0.0866. The molecule has 96 valence electrons. The van der Waals surface area contributed by atoms with Crippen molar-refractivity contribution < 1.29 is 0 Å². The standard InChI is InChI=1S/2C4H4IN3O/c2*5-2-1-7-4(9)8-3(2)6/h2*1H,(H3,6,7,8,9). The Hall–Kier alpha value is -1.18. The van der Waals surface area contributed by atoms with Crippen molar-refractivity contribution >= 4 is 56.8 Å². The van der Waals surface area contributed by atoms with Crippen molar-refractivity contribution in [3.8, 4) is 0 Å². The van der Waals surface area contributed by atoms with E-state index in [1.54, 1.807) is 0 Å². The first-order chi connectivity index (χ1) is 8.40. The summed E-state index contributed by atoms with van der Waals surface area (Å²) in [7, 11) is 0. The van der Waals surface area contributed by atoms with E-state index in [2.05, 4.69) is 19.9 Å². The zero-order valence-electron chi connectivity index (χ0n) is 8.78. The lowest BCUT2D eigenvalue weighted by molar-refractivity contribution is 1.07. The fraction of sp³-hybridized carbons (Fsp3) is 0. The van der Waals surface area contributed by atoms with Crippen molar-refractivity contribution in [2.24, 2.45) is 0 Å². The maximum absolute atomic E-state index is 10.4. The molecule has 6 N–H and O–H groups in total. The Bertz CT molecular complexity index is 595. The van der Waals surface area contributed by atoms with Crippen LogP contribution in [0.5, 0.6) is 0 Å². The molecule has 2 heterocycles. The molecule has 0 aliphatic carbocycles. The zero-order valence-corrected chi connectivity index (χ0v) is 13.1. The number of anilines is 2. The highest BCUT2D eigenvalue weighted by Gasteiger charge is 1.93. The molecule has 18 heavy (non-hydrogen) atoms. The quantitative estimate of drug-likeness (QED) is 0.394. The molecule has 0 unspecified atom stereocenters. The lowest BCUT2D eigenvalue weighted by Crippen LogP contribution is -2.12. The second kappa shape index (κ2) is 6.67. The molecule has 0 amide bonds. The van der Waals surface area contributed by atoms with Crippen LogP contribution in [0, 0.1) is 7.14 Å². The van der Waals surface area contributed by atoms with Crippen LogP contribution in [0.25, 0.3) is 0 Å². The Morgan fingerprint density at radius 2 is 1.22 bits per heavy atom. The topological polar surface area (TPSA) is 144 Å². The highest BCUT2D eigenvalue weighted by Crippen LogP contribution is 2.05. The van der Waals surface area contributed by atoms with Crippen molar-refractivity contribution in [1.82, 2.24) is 19.9 Å². The number of nitrogen functional groups attached to an aromatic ring is 2. The number of aromatic amines is 2. The summed E-state index contributed by atoms with van der Waals surface area (Å²) in [6.07, 6.45) is 2.85. The van der Waals surface area contributed by atoms with Gasteiger partial charge in [0.05, 0.1) is 7.14 Å². The predicted molar refractivity (Wildman–Crippen MR) is 84.0 cm³/mol. The average molecular weight is 474 g/mol. The first-order valence-corrected chi connectivity index (χ1v) is 6.56. The molecule has 0 spiro atoms. The summed E-state index contributed by atoms with van der Waals surface area (Å²) in [6.45, 7) is 0. The van der Waals surface area contributed by atoms with Gasteiger partial charge >= 0.3 is 11.4 Å². The lowest BCUT2D eigenvalue weighted by atomic mass is 10.6. The van der Waals surface area contributed by atoms with E-state index in [1.807, 2.05) is 45.2 Å². The van der Waals surface area contributed by atoms with Crippen LogP contribution in [0.2, 0.25) is 0 Å². The van der Waals surface area contributed by atoms with Crippen molar-refractivity contribution in [3.05, 3.63) is 40.5 Å². The monoisotopic (exact) mass is 474 g/mol. The molecule has 0 radical (unpaired) electrons. The maximum Gasteiger partial charge on any atom is 0.346 e. The summed E-state index contributed by atoms with van der Waals surface area (Å²) in [5, 5.41) is 0. The van der Waals surface area contributed by atoms with Gasteiger partial charge in [-0.3, -0.25) is 9.97 Å². The highest BCUT2D eigenvalue weighted by molar-refractivity contribution is 14.1. The third-order valence-corrected chi connectivity index (χ3v) is 3.31. The minimum Gasteiger partial charge on any atom is -0.384 e. The van der Waals surface area contributed by atoms with Gasteiger partial charge in [-0.25, -0.2) is 19.6 Å². The number of nitrogens with one attached hydrogen (secondary N) is 2. The molecule has 0 atom stereocenters. The largest absolute Gasteiger partial charge is 0.384 e. The molecule has 0 saturated carbocycles. The Morgan fingerprint density at radius 3 is 1.44 bits per heavy atom. The maximum atomic E-state index is 10.4. The SMILES string of the molecule is Nc1[nH]c(=O)ncc1I.Nc1[nH]c(=O)ncc1I. The molecular weight excluding hydrogens is 466 g/mol. The van der Waals surface area contributed by atoms with Crippen LogP contribution in [-0.4, -0.2) is 19.9 Å². The summed E-state index contributed by atoms with van der Waals surface area (Å²) < 4.78 is 1.51. The fourth-order valence-electron chi connectivity index (χ4n) is 0.784. The molecule has 8 nitrogen and oxygen atoms in total. The fourth-order valence-corrected chi connectivity index (χ4v) is 1.33. The Labute approximate surface area is 128 Å². The van der Waals surface area contributed by atoms with Gasteiger partial charge in [-0.1, -0.05) is 0 Å². The minimum absolute atomic E-state index is 0.371. The molecule has 0 bridgehead atoms. The van der Waals surface area contributed by atoms with Gasteiger partial charge in [0.1, 0.15) is 11.6 Å². The van der Waals surface area contributed by atoms with Crippen LogP contribution in [-0.2, 0) is 0 Å². The number of nitrogens with zero attached hydrogens (tertiary/aromatic N) is 2. The molecule has 2 rings (SSSR count). The third kappa shape index (κ3) is 4.59. The number of hydrogen-bond donors (Lipinski definition) is 4. The smallest absolute Gasteiger partial charge is 0.346 e. The zero-order chi connectivity index (χ0) is 13.7. The molecule has 0 aliphatic heterocycles. The number of halogens is 2. The van der Waals surface area contributed by atoms with E-state index in [-0.39, 0.29) is 0 Å². The molecule has 2 aromatic rings. The lowest BCUT2D eigenvalue weighted by Gasteiger charge is -1.91. The first-order valence-electron chi connectivity index (χ1n) is 4.40. The normalized spacial score (nSPS) is 9.44. The number of rotatable bonds is 0. The van der Waals surface area contributed by atoms with Gasteiger partial charge in [0.15, 0.2) is 0 Å². The van der Waals surface area contributed by atoms with Gasteiger partial charge in [0.25, 0.3) is 0 Å². The summed E-state index contributed by atoms with van der Waals surface area (Å²) in [6, 6.07) is 0. The number of hydrogen-bond acceptors (Lipinski definition) is 6. The summed E-state index contributed by atoms with van der Waals surface area (Å²) in [5.74, 6) is 0.742. The van der Waals surface area contributed by atoms with E-state index in [0.717, 1.165) is 7.14 Å². The van der Waals surface area contributed by atoms with E-state index < -0.39 is 11.4 Å².